The molecule has 0 atom stereocenters. The summed E-state index contributed by atoms with van der Waals surface area (Å²) in [6, 6.07) is 3.47. The summed E-state index contributed by atoms with van der Waals surface area (Å²) >= 11 is 0. The molecular formula is C12H18N2O2S. The van der Waals surface area contributed by atoms with Crippen molar-refractivity contribution >= 4 is 15.6 Å². The summed E-state index contributed by atoms with van der Waals surface area (Å²) in [5, 5.41) is 5.12. The van der Waals surface area contributed by atoms with Gasteiger partial charge in [0.15, 0.2) is 5.03 Å². The first-order chi connectivity index (χ1) is 8.00. The third-order valence-electron chi connectivity index (χ3n) is 2.53. The number of allylic oxidation sites excluding steroid dienone is 2. The van der Waals surface area contributed by atoms with Crippen molar-refractivity contribution < 1.29 is 8.42 Å². The van der Waals surface area contributed by atoms with Crippen LogP contribution in [0.25, 0.3) is 5.57 Å². The standard InChI is InChI=1S/C12H18N2O2S/c1-3-5-7-10(4-2)11-8-6-9-14-12(11)17(13,15)16/h4,6,8-9H,3,5,7H2,1-2H3,(H2,13,15,16)/b10-4-. The fourth-order valence-electron chi connectivity index (χ4n) is 1.66. The molecule has 0 aliphatic carbocycles. The summed E-state index contributed by atoms with van der Waals surface area (Å²) in [6.45, 7) is 3.99. The van der Waals surface area contributed by atoms with E-state index in [1.807, 2.05) is 13.0 Å². The van der Waals surface area contributed by atoms with Crippen LogP contribution in [0.5, 0.6) is 0 Å². The van der Waals surface area contributed by atoms with Gasteiger partial charge in [-0.1, -0.05) is 25.5 Å². The van der Waals surface area contributed by atoms with E-state index >= 15 is 0 Å². The first-order valence-electron chi connectivity index (χ1n) is 5.64. The Hall–Kier alpha value is -1.20. The maximum absolute atomic E-state index is 11.4. The van der Waals surface area contributed by atoms with Crippen LogP contribution in [-0.4, -0.2) is 13.4 Å². The minimum atomic E-state index is -3.77. The molecule has 17 heavy (non-hydrogen) atoms. The Morgan fingerprint density at radius 1 is 1.53 bits per heavy atom. The molecule has 1 heterocycles. The zero-order valence-electron chi connectivity index (χ0n) is 10.2. The lowest BCUT2D eigenvalue weighted by Crippen LogP contribution is -2.16. The SMILES string of the molecule is C/C=C(/CCCC)c1cccnc1S(N)(=O)=O. The Bertz CT molecular complexity index is 507. The molecule has 1 aromatic heterocycles. The first kappa shape index (κ1) is 13.9. The Morgan fingerprint density at radius 3 is 2.76 bits per heavy atom. The van der Waals surface area contributed by atoms with Gasteiger partial charge in [-0.15, -0.1) is 0 Å². The molecule has 0 saturated heterocycles. The molecular weight excluding hydrogens is 236 g/mol. The summed E-state index contributed by atoms with van der Waals surface area (Å²) < 4.78 is 22.9. The lowest BCUT2D eigenvalue weighted by Gasteiger charge is -2.10. The van der Waals surface area contributed by atoms with Gasteiger partial charge in [-0.2, -0.15) is 0 Å². The highest BCUT2D eigenvalue weighted by Gasteiger charge is 2.17. The lowest BCUT2D eigenvalue weighted by molar-refractivity contribution is 0.593. The number of unbranched alkanes of at least 4 members (excludes halogenated alkanes) is 1. The van der Waals surface area contributed by atoms with Crippen LogP contribution in [0, 0.1) is 0 Å². The highest BCUT2D eigenvalue weighted by molar-refractivity contribution is 7.89. The minimum Gasteiger partial charge on any atom is -0.243 e. The van der Waals surface area contributed by atoms with Crippen LogP contribution in [0.3, 0.4) is 0 Å². The molecule has 0 saturated carbocycles. The van der Waals surface area contributed by atoms with Gasteiger partial charge in [-0.05, 0) is 31.4 Å². The van der Waals surface area contributed by atoms with Crippen molar-refractivity contribution in [1.82, 2.24) is 4.98 Å². The highest BCUT2D eigenvalue weighted by Crippen LogP contribution is 2.24. The van der Waals surface area contributed by atoms with E-state index in [4.69, 9.17) is 5.14 Å². The van der Waals surface area contributed by atoms with Crippen molar-refractivity contribution in [2.24, 2.45) is 5.14 Å². The Kier molecular flexibility index (Phi) is 4.84. The third kappa shape index (κ3) is 3.64. The molecule has 2 N–H and O–H groups in total. The first-order valence-corrected chi connectivity index (χ1v) is 7.18. The Morgan fingerprint density at radius 2 is 2.24 bits per heavy atom. The molecule has 4 nitrogen and oxygen atoms in total. The zero-order chi connectivity index (χ0) is 12.9. The Balaban J connectivity index is 3.21. The number of nitrogens with zero attached hydrogens (tertiary/aromatic N) is 1. The van der Waals surface area contributed by atoms with Gasteiger partial charge in [-0.25, -0.2) is 18.5 Å². The van der Waals surface area contributed by atoms with Crippen molar-refractivity contribution in [3.63, 3.8) is 0 Å². The molecule has 0 amide bonds. The average molecular weight is 254 g/mol. The van der Waals surface area contributed by atoms with E-state index in [9.17, 15) is 8.42 Å². The predicted octanol–water partition coefficient (Wildman–Crippen LogP) is 2.32. The second-order valence-electron chi connectivity index (χ2n) is 3.82. The van der Waals surface area contributed by atoms with Crippen LogP contribution in [0.15, 0.2) is 29.4 Å². The second kappa shape index (κ2) is 5.93. The van der Waals surface area contributed by atoms with Gasteiger partial charge in [0.1, 0.15) is 0 Å². The van der Waals surface area contributed by atoms with Crippen LogP contribution in [-0.2, 0) is 10.0 Å². The van der Waals surface area contributed by atoms with Gasteiger partial charge in [0, 0.05) is 11.8 Å². The largest absolute Gasteiger partial charge is 0.256 e. The van der Waals surface area contributed by atoms with Crippen LogP contribution in [0.4, 0.5) is 0 Å². The molecule has 94 valence electrons. The molecule has 0 bridgehead atoms. The molecule has 0 radical (unpaired) electrons. The number of hydrogen-bond acceptors (Lipinski definition) is 3. The second-order valence-corrected chi connectivity index (χ2v) is 5.30. The van der Waals surface area contributed by atoms with Gasteiger partial charge in [0.05, 0.1) is 0 Å². The van der Waals surface area contributed by atoms with Crippen molar-refractivity contribution in [2.45, 2.75) is 38.1 Å². The van der Waals surface area contributed by atoms with Gasteiger partial charge in [0.25, 0.3) is 10.0 Å². The monoisotopic (exact) mass is 254 g/mol. The minimum absolute atomic E-state index is 0.0378. The van der Waals surface area contributed by atoms with E-state index < -0.39 is 10.0 Å². The third-order valence-corrected chi connectivity index (χ3v) is 3.40. The van der Waals surface area contributed by atoms with Crippen molar-refractivity contribution in [3.05, 3.63) is 30.0 Å². The van der Waals surface area contributed by atoms with Gasteiger partial charge in [0.2, 0.25) is 0 Å². The van der Waals surface area contributed by atoms with E-state index in [1.165, 1.54) is 6.20 Å². The number of hydrogen-bond donors (Lipinski definition) is 1. The van der Waals surface area contributed by atoms with E-state index in [0.717, 1.165) is 24.8 Å². The summed E-state index contributed by atoms with van der Waals surface area (Å²) in [4.78, 5) is 3.87. The molecule has 0 unspecified atom stereocenters. The maximum Gasteiger partial charge on any atom is 0.256 e. The number of nitrogens with two attached hydrogens (primary N) is 1. The molecule has 0 aliphatic rings. The average Bonchev–Trinajstić information content (AvgIpc) is 2.29. The quantitative estimate of drug-likeness (QED) is 0.876. The molecule has 0 spiro atoms. The van der Waals surface area contributed by atoms with Gasteiger partial charge >= 0.3 is 0 Å². The number of pyridine rings is 1. The fraction of sp³-hybridized carbons (Fsp3) is 0.417. The Labute approximate surface area is 103 Å². The van der Waals surface area contributed by atoms with Gasteiger partial charge < -0.3 is 0 Å². The van der Waals surface area contributed by atoms with Crippen molar-refractivity contribution in [3.8, 4) is 0 Å². The highest BCUT2D eigenvalue weighted by atomic mass is 32.2. The van der Waals surface area contributed by atoms with Crippen molar-refractivity contribution in [2.75, 3.05) is 0 Å². The molecule has 0 fully saturated rings. The summed E-state index contributed by atoms with van der Waals surface area (Å²) in [5.41, 5.74) is 1.59. The molecule has 1 aromatic rings. The normalized spacial score (nSPS) is 12.8. The predicted molar refractivity (Wildman–Crippen MR) is 68.8 cm³/mol. The fourth-order valence-corrected chi connectivity index (χ4v) is 2.38. The summed E-state index contributed by atoms with van der Waals surface area (Å²) in [6.07, 6.45) is 6.26. The molecule has 0 aliphatic heterocycles. The van der Waals surface area contributed by atoms with Crippen LogP contribution >= 0.6 is 0 Å². The molecule has 0 aromatic carbocycles. The summed E-state index contributed by atoms with van der Waals surface area (Å²) in [7, 11) is -3.77. The number of sulfonamides is 1. The smallest absolute Gasteiger partial charge is 0.243 e. The van der Waals surface area contributed by atoms with Crippen LogP contribution in [0.1, 0.15) is 38.7 Å². The lowest BCUT2D eigenvalue weighted by atomic mass is 10.0. The van der Waals surface area contributed by atoms with Crippen LogP contribution in [0.2, 0.25) is 0 Å². The molecule has 1 rings (SSSR count). The van der Waals surface area contributed by atoms with E-state index in [0.29, 0.717) is 5.56 Å². The topological polar surface area (TPSA) is 73.0 Å². The summed E-state index contributed by atoms with van der Waals surface area (Å²) in [5.74, 6) is 0. The van der Waals surface area contributed by atoms with Crippen LogP contribution < -0.4 is 5.14 Å². The van der Waals surface area contributed by atoms with Gasteiger partial charge in [-0.3, -0.25) is 0 Å². The van der Waals surface area contributed by atoms with E-state index in [2.05, 4.69) is 11.9 Å². The van der Waals surface area contributed by atoms with E-state index in [-0.39, 0.29) is 5.03 Å². The maximum atomic E-state index is 11.4. The van der Waals surface area contributed by atoms with E-state index in [1.54, 1.807) is 12.1 Å². The number of aromatic nitrogens is 1. The van der Waals surface area contributed by atoms with Crippen molar-refractivity contribution in [1.29, 1.82) is 0 Å². The molecule has 5 heteroatoms. The number of primary sulfonamides is 1. The zero-order valence-corrected chi connectivity index (χ0v) is 11.0. The number of rotatable bonds is 5.